The van der Waals surface area contributed by atoms with Crippen LogP contribution in [0.15, 0.2) is 29.2 Å². The van der Waals surface area contributed by atoms with Crippen LogP contribution in [0.2, 0.25) is 5.02 Å². The van der Waals surface area contributed by atoms with Gasteiger partial charge in [0, 0.05) is 27.9 Å². The number of fused-ring (bicyclic) bond motifs is 1. The van der Waals surface area contributed by atoms with Crippen LogP contribution in [0.1, 0.15) is 34.6 Å². The van der Waals surface area contributed by atoms with Gasteiger partial charge in [-0.05, 0) is 49.7 Å². The molecule has 0 bridgehead atoms. The van der Waals surface area contributed by atoms with E-state index in [0.29, 0.717) is 22.2 Å². The van der Waals surface area contributed by atoms with E-state index in [0.717, 1.165) is 41.4 Å². The number of anilines is 1. The maximum Gasteiger partial charge on any atom is 0.341 e. The third-order valence-corrected chi connectivity index (χ3v) is 6.90. The van der Waals surface area contributed by atoms with Crippen molar-refractivity contribution in [1.82, 2.24) is 4.90 Å². The zero-order valence-corrected chi connectivity index (χ0v) is 18.3. The van der Waals surface area contributed by atoms with Gasteiger partial charge in [0.05, 0.1) is 17.9 Å². The third-order valence-electron chi connectivity index (χ3n) is 4.50. The SMILES string of the molecule is CCOC(=O)c1c(NC(=O)CSc2ccc(Cl)cc2)sc2c1CCN(CC)C2. The van der Waals surface area contributed by atoms with Gasteiger partial charge in [-0.1, -0.05) is 18.5 Å². The number of hydrogen-bond donors (Lipinski definition) is 1. The molecule has 0 spiro atoms. The largest absolute Gasteiger partial charge is 0.462 e. The number of nitrogens with zero attached hydrogens (tertiary/aromatic N) is 1. The molecule has 1 aromatic carbocycles. The Morgan fingerprint density at radius 2 is 2.04 bits per heavy atom. The summed E-state index contributed by atoms with van der Waals surface area (Å²) >= 11 is 8.81. The second kappa shape index (κ2) is 9.78. The summed E-state index contributed by atoms with van der Waals surface area (Å²) in [4.78, 5) is 29.5. The fourth-order valence-corrected chi connectivity index (χ4v) is 5.19. The first-order valence-corrected chi connectivity index (χ1v) is 11.4. The van der Waals surface area contributed by atoms with Gasteiger partial charge in [-0.2, -0.15) is 0 Å². The molecule has 0 radical (unpaired) electrons. The molecule has 0 saturated carbocycles. The highest BCUT2D eigenvalue weighted by Gasteiger charge is 2.29. The van der Waals surface area contributed by atoms with E-state index in [9.17, 15) is 9.59 Å². The summed E-state index contributed by atoms with van der Waals surface area (Å²) in [5.74, 6) is -0.241. The molecule has 1 aliphatic rings. The number of amides is 1. The first-order chi connectivity index (χ1) is 13.5. The van der Waals surface area contributed by atoms with E-state index < -0.39 is 0 Å². The van der Waals surface area contributed by atoms with E-state index in [1.165, 1.54) is 23.1 Å². The smallest absolute Gasteiger partial charge is 0.341 e. The van der Waals surface area contributed by atoms with Crippen LogP contribution >= 0.6 is 34.7 Å². The van der Waals surface area contributed by atoms with Crippen LogP contribution in [0.4, 0.5) is 5.00 Å². The summed E-state index contributed by atoms with van der Waals surface area (Å²) in [5, 5.41) is 4.20. The molecule has 2 aromatic rings. The number of carbonyl (C=O) groups excluding carboxylic acids is 2. The number of halogens is 1. The van der Waals surface area contributed by atoms with Gasteiger partial charge in [0.15, 0.2) is 0 Å². The Labute approximate surface area is 178 Å². The molecule has 28 heavy (non-hydrogen) atoms. The first-order valence-electron chi connectivity index (χ1n) is 9.24. The number of thioether (sulfide) groups is 1. The van der Waals surface area contributed by atoms with Crippen molar-refractivity contribution in [1.29, 1.82) is 0 Å². The molecule has 5 nitrogen and oxygen atoms in total. The fourth-order valence-electron chi connectivity index (χ4n) is 3.08. The molecule has 2 heterocycles. The quantitative estimate of drug-likeness (QED) is 0.502. The van der Waals surface area contributed by atoms with Crippen LogP contribution in [0.25, 0.3) is 0 Å². The lowest BCUT2D eigenvalue weighted by molar-refractivity contribution is -0.113. The molecule has 0 atom stereocenters. The highest BCUT2D eigenvalue weighted by atomic mass is 35.5. The minimum absolute atomic E-state index is 0.142. The van der Waals surface area contributed by atoms with Gasteiger partial charge >= 0.3 is 5.97 Å². The molecule has 150 valence electrons. The molecular weight excluding hydrogens is 416 g/mol. The predicted molar refractivity (Wildman–Crippen MR) is 116 cm³/mol. The van der Waals surface area contributed by atoms with E-state index in [1.807, 2.05) is 12.1 Å². The Balaban J connectivity index is 1.74. The van der Waals surface area contributed by atoms with Crippen molar-refractivity contribution in [3.8, 4) is 0 Å². The summed E-state index contributed by atoms with van der Waals surface area (Å²) in [5.41, 5.74) is 1.55. The topological polar surface area (TPSA) is 58.6 Å². The van der Waals surface area contributed by atoms with Crippen molar-refractivity contribution < 1.29 is 14.3 Å². The van der Waals surface area contributed by atoms with Gasteiger partial charge in [-0.3, -0.25) is 9.69 Å². The molecule has 1 aromatic heterocycles. The Hall–Kier alpha value is -1.54. The number of hydrogen-bond acceptors (Lipinski definition) is 6. The lowest BCUT2D eigenvalue weighted by Crippen LogP contribution is -2.30. The maximum atomic E-state index is 12.5. The number of nitrogens with one attached hydrogen (secondary N) is 1. The minimum Gasteiger partial charge on any atom is -0.462 e. The van der Waals surface area contributed by atoms with Crippen molar-refractivity contribution in [2.24, 2.45) is 0 Å². The Morgan fingerprint density at radius 1 is 1.29 bits per heavy atom. The summed E-state index contributed by atoms with van der Waals surface area (Å²) in [6, 6.07) is 7.36. The summed E-state index contributed by atoms with van der Waals surface area (Å²) in [6.45, 7) is 6.90. The summed E-state index contributed by atoms with van der Waals surface area (Å²) in [6.07, 6.45) is 0.795. The van der Waals surface area contributed by atoms with Crippen LogP contribution in [-0.4, -0.2) is 42.2 Å². The highest BCUT2D eigenvalue weighted by Crippen LogP contribution is 2.37. The van der Waals surface area contributed by atoms with Gasteiger partial charge in [-0.25, -0.2) is 4.79 Å². The number of rotatable bonds is 7. The Morgan fingerprint density at radius 3 is 2.71 bits per heavy atom. The normalized spacial score (nSPS) is 13.8. The number of likely N-dealkylation sites (N-methyl/N-ethyl adjacent to an activating group) is 1. The van der Waals surface area contributed by atoms with Gasteiger partial charge in [0.1, 0.15) is 5.00 Å². The summed E-state index contributed by atoms with van der Waals surface area (Å²) in [7, 11) is 0. The average molecular weight is 439 g/mol. The van der Waals surface area contributed by atoms with E-state index in [2.05, 4.69) is 17.1 Å². The maximum absolute atomic E-state index is 12.5. The molecule has 1 N–H and O–H groups in total. The van der Waals surface area contributed by atoms with Crippen molar-refractivity contribution in [3.05, 3.63) is 45.3 Å². The Kier molecular flexibility index (Phi) is 7.40. The van der Waals surface area contributed by atoms with Crippen molar-refractivity contribution >= 4 is 51.6 Å². The zero-order valence-electron chi connectivity index (χ0n) is 15.9. The molecule has 8 heteroatoms. The predicted octanol–water partition coefficient (Wildman–Crippen LogP) is 4.69. The number of ether oxygens (including phenoxy) is 1. The lowest BCUT2D eigenvalue weighted by Gasteiger charge is -2.25. The van der Waals surface area contributed by atoms with Gasteiger partial charge in [0.2, 0.25) is 5.91 Å². The highest BCUT2D eigenvalue weighted by molar-refractivity contribution is 8.00. The van der Waals surface area contributed by atoms with Gasteiger partial charge < -0.3 is 10.1 Å². The monoisotopic (exact) mass is 438 g/mol. The van der Waals surface area contributed by atoms with Crippen molar-refractivity contribution in [2.45, 2.75) is 31.7 Å². The van der Waals surface area contributed by atoms with Crippen LogP contribution in [-0.2, 0) is 22.5 Å². The molecule has 0 fully saturated rings. The number of thiophene rings is 1. The molecule has 0 saturated heterocycles. The second-order valence-electron chi connectivity index (χ2n) is 6.34. The van der Waals surface area contributed by atoms with Gasteiger partial charge in [0.25, 0.3) is 0 Å². The molecular formula is C20H23ClN2O3S2. The molecule has 1 aliphatic heterocycles. The van der Waals surface area contributed by atoms with Crippen molar-refractivity contribution in [2.75, 3.05) is 30.8 Å². The van der Waals surface area contributed by atoms with Crippen LogP contribution < -0.4 is 5.32 Å². The number of esters is 1. The molecule has 3 rings (SSSR count). The number of benzene rings is 1. The van der Waals surface area contributed by atoms with Crippen LogP contribution in [0.3, 0.4) is 0 Å². The number of carbonyl (C=O) groups is 2. The van der Waals surface area contributed by atoms with Crippen LogP contribution in [0, 0.1) is 0 Å². The third kappa shape index (κ3) is 5.08. The molecule has 0 unspecified atom stereocenters. The van der Waals surface area contributed by atoms with E-state index in [4.69, 9.17) is 16.3 Å². The van der Waals surface area contributed by atoms with Crippen molar-refractivity contribution in [3.63, 3.8) is 0 Å². The Bertz CT molecular complexity index is 852. The van der Waals surface area contributed by atoms with Gasteiger partial charge in [-0.15, -0.1) is 23.1 Å². The average Bonchev–Trinajstić information content (AvgIpc) is 3.04. The molecule has 0 aliphatic carbocycles. The first kappa shape index (κ1) is 21.2. The zero-order chi connectivity index (χ0) is 20.1. The molecule has 1 amide bonds. The summed E-state index contributed by atoms with van der Waals surface area (Å²) < 4.78 is 5.25. The fraction of sp³-hybridized carbons (Fsp3) is 0.400. The van der Waals surface area contributed by atoms with E-state index in [1.54, 1.807) is 19.1 Å². The van der Waals surface area contributed by atoms with E-state index in [-0.39, 0.29) is 17.6 Å². The second-order valence-corrected chi connectivity index (χ2v) is 8.93. The standard InChI is InChI=1S/C20H23ClN2O3S2/c1-3-23-10-9-15-16(11-23)28-19(18(15)20(25)26-4-2)22-17(24)12-27-14-7-5-13(21)6-8-14/h5-8H,3-4,9-12H2,1-2H3,(H,22,24). The minimum atomic E-state index is -0.356. The van der Waals surface area contributed by atoms with E-state index >= 15 is 0 Å². The van der Waals surface area contributed by atoms with Crippen LogP contribution in [0.5, 0.6) is 0 Å². The lowest BCUT2D eigenvalue weighted by atomic mass is 10.0.